The van der Waals surface area contributed by atoms with Gasteiger partial charge in [0.25, 0.3) is 5.91 Å². The van der Waals surface area contributed by atoms with Crippen molar-refractivity contribution >= 4 is 15.9 Å². The molecule has 7 nitrogen and oxygen atoms in total. The molecule has 0 aliphatic heterocycles. The summed E-state index contributed by atoms with van der Waals surface area (Å²) in [6.07, 6.45) is 1.70. The second-order valence-corrected chi connectivity index (χ2v) is 8.54. The topological polar surface area (TPSA) is 93.1 Å². The Labute approximate surface area is 170 Å². The summed E-state index contributed by atoms with van der Waals surface area (Å²) in [6.45, 7) is 5.94. The van der Waals surface area contributed by atoms with Gasteiger partial charge < -0.3 is 9.88 Å². The Morgan fingerprint density at radius 1 is 1.03 bits per heavy atom. The molecule has 0 fully saturated rings. The molecule has 2 N–H and O–H groups in total. The van der Waals surface area contributed by atoms with E-state index >= 15 is 0 Å². The van der Waals surface area contributed by atoms with E-state index in [1.807, 2.05) is 43.5 Å². The van der Waals surface area contributed by atoms with Crippen LogP contribution in [0.2, 0.25) is 0 Å². The van der Waals surface area contributed by atoms with Crippen molar-refractivity contribution in [1.82, 2.24) is 19.6 Å². The zero-order chi connectivity index (χ0) is 21.0. The second kappa shape index (κ2) is 8.59. The van der Waals surface area contributed by atoms with Gasteiger partial charge in [0.2, 0.25) is 10.0 Å². The predicted octanol–water partition coefficient (Wildman–Crippen LogP) is 2.51. The highest BCUT2D eigenvalue weighted by Gasteiger charge is 2.17. The summed E-state index contributed by atoms with van der Waals surface area (Å²) >= 11 is 0. The van der Waals surface area contributed by atoms with Crippen molar-refractivity contribution in [3.63, 3.8) is 0 Å². The van der Waals surface area contributed by atoms with Gasteiger partial charge in [0.05, 0.1) is 10.5 Å². The third kappa shape index (κ3) is 4.72. The van der Waals surface area contributed by atoms with E-state index in [0.29, 0.717) is 5.56 Å². The lowest BCUT2D eigenvalue weighted by atomic mass is 10.2. The van der Waals surface area contributed by atoms with Gasteiger partial charge in [-0.2, -0.15) is 0 Å². The number of aryl methyl sites for hydroxylation is 2. The van der Waals surface area contributed by atoms with Crippen LogP contribution < -0.4 is 10.0 Å². The van der Waals surface area contributed by atoms with Gasteiger partial charge in [-0.3, -0.25) is 4.79 Å². The van der Waals surface area contributed by atoms with E-state index in [0.717, 1.165) is 22.8 Å². The number of nitrogens with one attached hydrogen (secondary N) is 2. The van der Waals surface area contributed by atoms with E-state index in [-0.39, 0.29) is 23.9 Å². The van der Waals surface area contributed by atoms with Crippen LogP contribution >= 0.6 is 0 Å². The summed E-state index contributed by atoms with van der Waals surface area (Å²) in [7, 11) is -3.60. The maximum atomic E-state index is 12.6. The van der Waals surface area contributed by atoms with Gasteiger partial charge in [-0.25, -0.2) is 18.1 Å². The molecule has 29 heavy (non-hydrogen) atoms. The molecule has 0 aliphatic rings. The van der Waals surface area contributed by atoms with Crippen LogP contribution in [0.25, 0.3) is 5.82 Å². The van der Waals surface area contributed by atoms with Gasteiger partial charge in [0.15, 0.2) is 0 Å². The van der Waals surface area contributed by atoms with E-state index in [1.54, 1.807) is 36.5 Å². The number of benzene rings is 1. The van der Waals surface area contributed by atoms with Crippen molar-refractivity contribution in [3.05, 3.63) is 77.2 Å². The second-order valence-electron chi connectivity index (χ2n) is 6.77. The molecule has 3 aromatic rings. The number of carbonyl (C=O) groups excluding carboxylic acids is 1. The molecule has 0 bridgehead atoms. The molecule has 0 unspecified atom stereocenters. The van der Waals surface area contributed by atoms with Crippen molar-refractivity contribution in [1.29, 1.82) is 0 Å². The maximum Gasteiger partial charge on any atom is 0.253 e. The first-order valence-corrected chi connectivity index (χ1v) is 10.7. The van der Waals surface area contributed by atoms with Crippen molar-refractivity contribution in [2.24, 2.45) is 0 Å². The highest BCUT2D eigenvalue weighted by Crippen LogP contribution is 2.19. The Balaban J connectivity index is 1.61. The van der Waals surface area contributed by atoms with Crippen molar-refractivity contribution in [2.45, 2.75) is 25.7 Å². The molecule has 0 saturated carbocycles. The Hall–Kier alpha value is -2.97. The van der Waals surface area contributed by atoms with Gasteiger partial charge >= 0.3 is 0 Å². The van der Waals surface area contributed by atoms with E-state index in [2.05, 4.69) is 15.0 Å². The van der Waals surface area contributed by atoms with Crippen LogP contribution in [0.5, 0.6) is 0 Å². The Bertz CT molecular complexity index is 1100. The molecule has 0 spiro atoms. The van der Waals surface area contributed by atoms with Gasteiger partial charge in [-0.05, 0) is 51.1 Å². The van der Waals surface area contributed by atoms with Crippen molar-refractivity contribution < 1.29 is 13.2 Å². The number of carbonyl (C=O) groups is 1. The largest absolute Gasteiger partial charge is 0.351 e. The molecule has 2 heterocycles. The van der Waals surface area contributed by atoms with E-state index in [4.69, 9.17) is 0 Å². The fourth-order valence-corrected chi connectivity index (χ4v) is 4.12. The molecule has 8 heteroatoms. The zero-order valence-electron chi connectivity index (χ0n) is 16.6. The van der Waals surface area contributed by atoms with Crippen molar-refractivity contribution in [3.8, 4) is 5.82 Å². The van der Waals surface area contributed by atoms with Crippen LogP contribution in [0, 0.1) is 20.8 Å². The summed E-state index contributed by atoms with van der Waals surface area (Å²) in [4.78, 5) is 17.1. The molecular formula is C21H24N4O3S. The van der Waals surface area contributed by atoms with Crippen LogP contribution in [0.15, 0.2) is 59.6 Å². The molecular weight excluding hydrogens is 388 g/mol. The number of sulfonamides is 1. The van der Waals surface area contributed by atoms with E-state index in [1.165, 1.54) is 0 Å². The monoisotopic (exact) mass is 412 g/mol. The molecule has 152 valence electrons. The first kappa shape index (κ1) is 20.8. The molecule has 0 aliphatic carbocycles. The minimum atomic E-state index is -3.60. The van der Waals surface area contributed by atoms with Crippen LogP contribution in [0.3, 0.4) is 0 Å². The SMILES string of the molecule is Cc1ccc(S(=O)(=O)NCCNC(=O)c2cc(C)n(-c3ccccn3)c2C)cc1. The normalized spacial score (nSPS) is 11.4. The van der Waals surface area contributed by atoms with Gasteiger partial charge in [0, 0.05) is 30.7 Å². The molecule has 0 saturated heterocycles. The Morgan fingerprint density at radius 3 is 2.41 bits per heavy atom. The number of hydrogen-bond donors (Lipinski definition) is 2. The van der Waals surface area contributed by atoms with E-state index < -0.39 is 10.0 Å². The van der Waals surface area contributed by atoms with E-state index in [9.17, 15) is 13.2 Å². The van der Waals surface area contributed by atoms with Gasteiger partial charge in [0.1, 0.15) is 5.82 Å². The lowest BCUT2D eigenvalue weighted by Crippen LogP contribution is -2.34. The minimum absolute atomic E-state index is 0.0981. The first-order chi connectivity index (χ1) is 13.8. The van der Waals surface area contributed by atoms with Crippen LogP contribution in [-0.2, 0) is 10.0 Å². The molecule has 3 rings (SSSR count). The summed E-state index contributed by atoms with van der Waals surface area (Å²) < 4.78 is 29.0. The number of rotatable bonds is 7. The molecule has 2 aromatic heterocycles. The average Bonchev–Trinajstić information content (AvgIpc) is 3.00. The third-order valence-electron chi connectivity index (χ3n) is 4.59. The maximum absolute atomic E-state index is 12.6. The molecule has 0 radical (unpaired) electrons. The number of amides is 1. The number of pyridine rings is 1. The fraction of sp³-hybridized carbons (Fsp3) is 0.238. The summed E-state index contributed by atoms with van der Waals surface area (Å²) in [5.74, 6) is 0.488. The van der Waals surface area contributed by atoms with Gasteiger partial charge in [-0.1, -0.05) is 23.8 Å². The highest BCUT2D eigenvalue weighted by molar-refractivity contribution is 7.89. The Morgan fingerprint density at radius 2 is 1.76 bits per heavy atom. The molecule has 1 aromatic carbocycles. The number of aromatic nitrogens is 2. The lowest BCUT2D eigenvalue weighted by molar-refractivity contribution is 0.0953. The van der Waals surface area contributed by atoms with Gasteiger partial charge in [-0.15, -0.1) is 0 Å². The zero-order valence-corrected chi connectivity index (χ0v) is 17.5. The number of nitrogens with zero attached hydrogens (tertiary/aromatic N) is 2. The fourth-order valence-electron chi connectivity index (χ4n) is 3.09. The van der Waals surface area contributed by atoms with Crippen LogP contribution in [-0.4, -0.2) is 37.0 Å². The quantitative estimate of drug-likeness (QED) is 0.583. The molecule has 0 atom stereocenters. The summed E-state index contributed by atoms with van der Waals surface area (Å²) in [5.41, 5.74) is 3.19. The van der Waals surface area contributed by atoms with Crippen molar-refractivity contribution in [2.75, 3.05) is 13.1 Å². The molecule has 1 amide bonds. The highest BCUT2D eigenvalue weighted by atomic mass is 32.2. The lowest BCUT2D eigenvalue weighted by Gasteiger charge is -2.10. The number of hydrogen-bond acceptors (Lipinski definition) is 4. The first-order valence-electron chi connectivity index (χ1n) is 9.24. The average molecular weight is 413 g/mol. The summed E-state index contributed by atoms with van der Waals surface area (Å²) in [6, 6.07) is 14.0. The Kier molecular flexibility index (Phi) is 6.14. The standard InChI is InChI=1S/C21H24N4O3S/c1-15-7-9-18(10-8-15)29(27,28)24-13-12-23-21(26)19-14-16(2)25(17(19)3)20-6-4-5-11-22-20/h4-11,14,24H,12-13H2,1-3H3,(H,23,26). The smallest absolute Gasteiger partial charge is 0.253 e. The van der Waals surface area contributed by atoms with Crippen LogP contribution in [0.4, 0.5) is 0 Å². The van der Waals surface area contributed by atoms with Crippen LogP contribution in [0.1, 0.15) is 27.3 Å². The third-order valence-corrected chi connectivity index (χ3v) is 6.06. The summed E-state index contributed by atoms with van der Waals surface area (Å²) in [5, 5.41) is 2.77. The minimum Gasteiger partial charge on any atom is -0.351 e. The predicted molar refractivity (Wildman–Crippen MR) is 112 cm³/mol.